The summed E-state index contributed by atoms with van der Waals surface area (Å²) < 4.78 is 5.81. The number of aryl methyl sites for hydroxylation is 1. The molecule has 0 bridgehead atoms. The molecule has 4 rings (SSSR count). The summed E-state index contributed by atoms with van der Waals surface area (Å²) in [6.07, 6.45) is 3.42. The molecule has 8 heteroatoms. The first kappa shape index (κ1) is 21.2. The monoisotopic (exact) mass is 444 g/mol. The van der Waals surface area contributed by atoms with E-state index >= 15 is 0 Å². The zero-order chi connectivity index (χ0) is 22.3. The summed E-state index contributed by atoms with van der Waals surface area (Å²) in [7, 11) is 0. The maximum atomic E-state index is 12.4. The summed E-state index contributed by atoms with van der Waals surface area (Å²) in [4.78, 5) is 33.0. The average molecular weight is 445 g/mol. The van der Waals surface area contributed by atoms with E-state index in [0.717, 1.165) is 5.56 Å². The van der Waals surface area contributed by atoms with Gasteiger partial charge in [-0.25, -0.2) is 4.98 Å². The Morgan fingerprint density at radius 2 is 1.88 bits per heavy atom. The predicted molar refractivity (Wildman–Crippen MR) is 124 cm³/mol. The fourth-order valence-electron chi connectivity index (χ4n) is 2.95. The fourth-order valence-corrected chi connectivity index (χ4v) is 3.66. The SMILES string of the molecule is Cc1cc(NC(=O)Cc2csc(NC(=O)c3ccccc3)n2)ccc1Oc1cccnc1. The van der Waals surface area contributed by atoms with Crippen LogP contribution in [0.1, 0.15) is 21.6 Å². The molecule has 2 amide bonds. The van der Waals surface area contributed by atoms with Gasteiger partial charge in [-0.1, -0.05) is 18.2 Å². The van der Waals surface area contributed by atoms with Gasteiger partial charge in [-0.05, 0) is 55.0 Å². The van der Waals surface area contributed by atoms with E-state index in [2.05, 4.69) is 20.6 Å². The first-order valence-corrected chi connectivity index (χ1v) is 10.7. The van der Waals surface area contributed by atoms with Crippen molar-refractivity contribution in [3.63, 3.8) is 0 Å². The highest BCUT2D eigenvalue weighted by atomic mass is 32.1. The fraction of sp³-hybridized carbons (Fsp3) is 0.0833. The molecule has 0 fully saturated rings. The second kappa shape index (κ2) is 9.84. The van der Waals surface area contributed by atoms with Gasteiger partial charge in [0.25, 0.3) is 5.91 Å². The number of thiazole rings is 1. The van der Waals surface area contributed by atoms with Crippen LogP contribution in [0.2, 0.25) is 0 Å². The van der Waals surface area contributed by atoms with E-state index in [9.17, 15) is 9.59 Å². The molecule has 0 saturated carbocycles. The number of carbonyl (C=O) groups excluding carboxylic acids is 2. The third kappa shape index (κ3) is 5.55. The third-order valence-electron chi connectivity index (χ3n) is 4.47. The number of anilines is 2. The molecule has 0 spiro atoms. The number of ether oxygens (including phenoxy) is 1. The second-order valence-corrected chi connectivity index (χ2v) is 7.82. The van der Waals surface area contributed by atoms with E-state index in [1.165, 1.54) is 11.3 Å². The van der Waals surface area contributed by atoms with Crippen molar-refractivity contribution in [3.8, 4) is 11.5 Å². The highest BCUT2D eigenvalue weighted by Crippen LogP contribution is 2.27. The number of aromatic nitrogens is 2. The molecule has 0 saturated heterocycles. The van der Waals surface area contributed by atoms with Gasteiger partial charge in [-0.3, -0.25) is 19.9 Å². The molecule has 0 atom stereocenters. The van der Waals surface area contributed by atoms with Gasteiger partial charge in [0.05, 0.1) is 18.3 Å². The highest BCUT2D eigenvalue weighted by molar-refractivity contribution is 7.14. The van der Waals surface area contributed by atoms with Crippen molar-refractivity contribution in [1.82, 2.24) is 9.97 Å². The molecule has 160 valence electrons. The van der Waals surface area contributed by atoms with Crippen molar-refractivity contribution < 1.29 is 14.3 Å². The molecule has 2 N–H and O–H groups in total. The summed E-state index contributed by atoms with van der Waals surface area (Å²) in [5, 5.41) is 7.84. The number of pyridine rings is 1. The second-order valence-electron chi connectivity index (χ2n) is 6.96. The molecule has 2 aromatic heterocycles. The smallest absolute Gasteiger partial charge is 0.257 e. The molecule has 2 aromatic carbocycles. The Kier molecular flexibility index (Phi) is 6.52. The van der Waals surface area contributed by atoms with E-state index in [1.54, 1.807) is 60.2 Å². The lowest BCUT2D eigenvalue weighted by atomic mass is 10.2. The lowest BCUT2D eigenvalue weighted by Gasteiger charge is -2.11. The van der Waals surface area contributed by atoms with Gasteiger partial charge in [-0.15, -0.1) is 11.3 Å². The zero-order valence-corrected chi connectivity index (χ0v) is 18.1. The van der Waals surface area contributed by atoms with Gasteiger partial charge < -0.3 is 10.1 Å². The van der Waals surface area contributed by atoms with E-state index in [0.29, 0.717) is 33.6 Å². The van der Waals surface area contributed by atoms with Gasteiger partial charge >= 0.3 is 0 Å². The highest BCUT2D eigenvalue weighted by Gasteiger charge is 2.12. The van der Waals surface area contributed by atoms with Crippen molar-refractivity contribution >= 4 is 34.0 Å². The number of hydrogen-bond acceptors (Lipinski definition) is 6. The molecule has 0 aliphatic rings. The molecular weight excluding hydrogens is 424 g/mol. The van der Waals surface area contributed by atoms with E-state index in [4.69, 9.17) is 4.74 Å². The van der Waals surface area contributed by atoms with Crippen LogP contribution in [0, 0.1) is 6.92 Å². The van der Waals surface area contributed by atoms with Crippen LogP contribution in [0.4, 0.5) is 10.8 Å². The molecule has 0 aliphatic carbocycles. The largest absolute Gasteiger partial charge is 0.455 e. The topological polar surface area (TPSA) is 93.2 Å². The maximum absolute atomic E-state index is 12.4. The minimum Gasteiger partial charge on any atom is -0.455 e. The molecular formula is C24H20N4O3S. The third-order valence-corrected chi connectivity index (χ3v) is 5.28. The van der Waals surface area contributed by atoms with Crippen LogP contribution in [0.3, 0.4) is 0 Å². The normalized spacial score (nSPS) is 10.4. The number of rotatable bonds is 7. The Hall–Kier alpha value is -4.04. The van der Waals surface area contributed by atoms with Crippen LogP contribution in [0.25, 0.3) is 0 Å². The minimum atomic E-state index is -0.236. The molecule has 7 nitrogen and oxygen atoms in total. The van der Waals surface area contributed by atoms with E-state index < -0.39 is 0 Å². The van der Waals surface area contributed by atoms with Gasteiger partial charge in [0.15, 0.2) is 5.13 Å². The Labute approximate surface area is 189 Å². The average Bonchev–Trinajstić information content (AvgIpc) is 3.23. The lowest BCUT2D eigenvalue weighted by Crippen LogP contribution is -2.15. The maximum Gasteiger partial charge on any atom is 0.257 e. The van der Waals surface area contributed by atoms with Crippen LogP contribution in [0.15, 0.2) is 78.4 Å². The lowest BCUT2D eigenvalue weighted by molar-refractivity contribution is -0.115. The number of hydrogen-bond donors (Lipinski definition) is 2. The van der Waals surface area contributed by atoms with Gasteiger partial charge in [0, 0.05) is 22.8 Å². The molecule has 32 heavy (non-hydrogen) atoms. The van der Waals surface area contributed by atoms with Crippen LogP contribution in [-0.2, 0) is 11.2 Å². The van der Waals surface area contributed by atoms with Crippen LogP contribution >= 0.6 is 11.3 Å². The summed E-state index contributed by atoms with van der Waals surface area (Å²) >= 11 is 1.28. The predicted octanol–water partition coefficient (Wildman–Crippen LogP) is 5.07. The standard InChI is InChI=1S/C24H20N4O3S/c1-16-12-18(9-10-21(16)31-20-8-5-11-25-14-20)26-22(29)13-19-15-32-24(27-19)28-23(30)17-6-3-2-4-7-17/h2-12,14-15H,13H2,1H3,(H,26,29)(H,27,28,30). The van der Waals surface area contributed by atoms with Gasteiger partial charge in [0.2, 0.25) is 5.91 Å². The quantitative estimate of drug-likeness (QED) is 0.415. The summed E-state index contributed by atoms with van der Waals surface area (Å²) in [6.45, 7) is 1.91. The molecule has 2 heterocycles. The number of carbonyl (C=O) groups is 2. The number of nitrogens with zero attached hydrogens (tertiary/aromatic N) is 2. The van der Waals surface area contributed by atoms with Crippen molar-refractivity contribution in [2.24, 2.45) is 0 Å². The molecule has 0 aliphatic heterocycles. The number of benzene rings is 2. The number of nitrogens with one attached hydrogen (secondary N) is 2. The molecule has 4 aromatic rings. The van der Waals surface area contributed by atoms with Crippen LogP contribution in [0.5, 0.6) is 11.5 Å². The number of amides is 2. The van der Waals surface area contributed by atoms with E-state index in [-0.39, 0.29) is 18.2 Å². The Balaban J connectivity index is 1.33. The van der Waals surface area contributed by atoms with Crippen LogP contribution in [-0.4, -0.2) is 21.8 Å². The minimum absolute atomic E-state index is 0.102. The summed E-state index contributed by atoms with van der Waals surface area (Å²) in [5.41, 5.74) is 2.68. The summed E-state index contributed by atoms with van der Waals surface area (Å²) in [5.74, 6) is 0.900. The van der Waals surface area contributed by atoms with Crippen LogP contribution < -0.4 is 15.4 Å². The first-order valence-electron chi connectivity index (χ1n) is 9.86. The van der Waals surface area contributed by atoms with E-state index in [1.807, 2.05) is 25.1 Å². The molecule has 0 unspecified atom stereocenters. The van der Waals surface area contributed by atoms with Crippen molar-refractivity contribution in [2.45, 2.75) is 13.3 Å². The summed E-state index contributed by atoms with van der Waals surface area (Å²) in [6, 6.07) is 18.0. The Bertz CT molecular complexity index is 1230. The van der Waals surface area contributed by atoms with Gasteiger partial charge in [-0.2, -0.15) is 0 Å². The zero-order valence-electron chi connectivity index (χ0n) is 17.2. The Morgan fingerprint density at radius 1 is 1.03 bits per heavy atom. The molecule has 0 radical (unpaired) electrons. The van der Waals surface area contributed by atoms with Crippen molar-refractivity contribution in [3.05, 3.63) is 95.3 Å². The first-order chi connectivity index (χ1) is 15.6. The van der Waals surface area contributed by atoms with Crippen molar-refractivity contribution in [2.75, 3.05) is 10.6 Å². The Morgan fingerprint density at radius 3 is 2.62 bits per heavy atom. The van der Waals surface area contributed by atoms with Crippen molar-refractivity contribution in [1.29, 1.82) is 0 Å². The van der Waals surface area contributed by atoms with Gasteiger partial charge in [0.1, 0.15) is 11.5 Å².